The van der Waals surface area contributed by atoms with Gasteiger partial charge in [0, 0.05) is 25.3 Å². The SMILES string of the molecule is CSCCC(NS(=O)(=O)c1ccccc1)C(=O)NCc1cccc(NC(=O)N2CCCC2)c1. The number of benzene rings is 2. The van der Waals surface area contributed by atoms with Gasteiger partial charge in [-0.25, -0.2) is 13.2 Å². The maximum Gasteiger partial charge on any atom is 0.321 e. The van der Waals surface area contributed by atoms with Crippen LogP contribution in [-0.4, -0.2) is 56.4 Å². The number of hydrogen-bond donors (Lipinski definition) is 3. The molecule has 1 aliphatic heterocycles. The molecule has 0 aromatic heterocycles. The Bertz CT molecular complexity index is 1040. The summed E-state index contributed by atoms with van der Waals surface area (Å²) < 4.78 is 27.9. The minimum absolute atomic E-state index is 0.119. The van der Waals surface area contributed by atoms with Gasteiger partial charge in [0.2, 0.25) is 15.9 Å². The third kappa shape index (κ3) is 7.48. The summed E-state index contributed by atoms with van der Waals surface area (Å²) in [5.41, 5.74) is 1.46. The number of nitrogens with one attached hydrogen (secondary N) is 3. The van der Waals surface area contributed by atoms with Crippen molar-refractivity contribution >= 4 is 39.4 Å². The fourth-order valence-corrected chi connectivity index (χ4v) is 5.25. The van der Waals surface area contributed by atoms with Gasteiger partial charge in [-0.05, 0) is 61.1 Å². The van der Waals surface area contributed by atoms with E-state index in [9.17, 15) is 18.0 Å². The molecule has 1 saturated heterocycles. The van der Waals surface area contributed by atoms with E-state index in [4.69, 9.17) is 0 Å². The lowest BCUT2D eigenvalue weighted by Crippen LogP contribution is -2.46. The van der Waals surface area contributed by atoms with Crippen LogP contribution < -0.4 is 15.4 Å². The lowest BCUT2D eigenvalue weighted by molar-refractivity contribution is -0.122. The number of nitrogens with zero attached hydrogens (tertiary/aromatic N) is 1. The molecule has 1 fully saturated rings. The topological polar surface area (TPSA) is 108 Å². The van der Waals surface area contributed by atoms with Crippen LogP contribution >= 0.6 is 11.8 Å². The molecule has 3 N–H and O–H groups in total. The Morgan fingerprint density at radius 3 is 2.48 bits per heavy atom. The van der Waals surface area contributed by atoms with Crippen LogP contribution in [0.3, 0.4) is 0 Å². The van der Waals surface area contributed by atoms with Crippen LogP contribution in [-0.2, 0) is 21.4 Å². The van der Waals surface area contributed by atoms with Gasteiger partial charge >= 0.3 is 6.03 Å². The first-order valence-corrected chi connectivity index (χ1v) is 13.8. The van der Waals surface area contributed by atoms with Gasteiger partial charge in [0.25, 0.3) is 0 Å². The van der Waals surface area contributed by atoms with Crippen LogP contribution in [0.25, 0.3) is 0 Å². The van der Waals surface area contributed by atoms with Gasteiger partial charge in [-0.3, -0.25) is 4.79 Å². The van der Waals surface area contributed by atoms with Gasteiger partial charge in [-0.15, -0.1) is 0 Å². The zero-order valence-electron chi connectivity index (χ0n) is 18.6. The number of hydrogen-bond acceptors (Lipinski definition) is 5. The molecule has 0 spiro atoms. The van der Waals surface area contributed by atoms with E-state index in [0.717, 1.165) is 31.5 Å². The smallest absolute Gasteiger partial charge is 0.321 e. The minimum Gasteiger partial charge on any atom is -0.351 e. The maximum atomic E-state index is 12.8. The monoisotopic (exact) mass is 490 g/mol. The summed E-state index contributed by atoms with van der Waals surface area (Å²) in [5, 5.41) is 5.71. The van der Waals surface area contributed by atoms with Crippen molar-refractivity contribution in [3.63, 3.8) is 0 Å². The average molecular weight is 491 g/mol. The van der Waals surface area contributed by atoms with Gasteiger partial charge in [-0.2, -0.15) is 16.5 Å². The van der Waals surface area contributed by atoms with Crippen LogP contribution in [0.4, 0.5) is 10.5 Å². The minimum atomic E-state index is -3.82. The first-order chi connectivity index (χ1) is 15.9. The predicted molar refractivity (Wildman–Crippen MR) is 132 cm³/mol. The molecule has 8 nitrogen and oxygen atoms in total. The number of anilines is 1. The summed E-state index contributed by atoms with van der Waals surface area (Å²) in [5.74, 6) is 0.239. The van der Waals surface area contributed by atoms with Crippen LogP contribution in [0, 0.1) is 0 Å². The van der Waals surface area contributed by atoms with Crippen LogP contribution in [0.15, 0.2) is 59.5 Å². The maximum absolute atomic E-state index is 12.8. The Hall–Kier alpha value is -2.56. The van der Waals surface area contributed by atoms with E-state index < -0.39 is 22.0 Å². The first kappa shape index (κ1) is 25.1. The summed E-state index contributed by atoms with van der Waals surface area (Å²) >= 11 is 1.54. The Balaban J connectivity index is 1.61. The van der Waals surface area contributed by atoms with Crippen molar-refractivity contribution in [3.8, 4) is 0 Å². The second-order valence-electron chi connectivity index (χ2n) is 7.81. The highest BCUT2D eigenvalue weighted by Crippen LogP contribution is 2.15. The highest BCUT2D eigenvalue weighted by atomic mass is 32.2. The van der Waals surface area contributed by atoms with Crippen molar-refractivity contribution < 1.29 is 18.0 Å². The molecular weight excluding hydrogens is 460 g/mol. The van der Waals surface area contributed by atoms with E-state index in [1.807, 2.05) is 18.4 Å². The third-order valence-electron chi connectivity index (χ3n) is 5.32. The lowest BCUT2D eigenvalue weighted by Gasteiger charge is -2.19. The van der Waals surface area contributed by atoms with Gasteiger partial charge < -0.3 is 15.5 Å². The second-order valence-corrected chi connectivity index (χ2v) is 10.5. The quantitative estimate of drug-likeness (QED) is 0.475. The Morgan fingerprint density at radius 2 is 1.79 bits per heavy atom. The number of likely N-dealkylation sites (tertiary alicyclic amines) is 1. The van der Waals surface area contributed by atoms with Crippen molar-refractivity contribution in [2.24, 2.45) is 0 Å². The summed E-state index contributed by atoms with van der Waals surface area (Å²) in [6.07, 6.45) is 4.31. The van der Waals surface area contributed by atoms with E-state index in [1.54, 1.807) is 47.0 Å². The molecule has 0 radical (unpaired) electrons. The van der Waals surface area contributed by atoms with Crippen molar-refractivity contribution in [2.45, 2.75) is 36.7 Å². The Morgan fingerprint density at radius 1 is 1.06 bits per heavy atom. The van der Waals surface area contributed by atoms with Gasteiger partial charge in [0.15, 0.2) is 0 Å². The zero-order valence-corrected chi connectivity index (χ0v) is 20.3. The van der Waals surface area contributed by atoms with E-state index in [1.165, 1.54) is 12.1 Å². The number of carbonyl (C=O) groups is 2. The largest absolute Gasteiger partial charge is 0.351 e. The van der Waals surface area contributed by atoms with Gasteiger partial charge in [0.1, 0.15) is 6.04 Å². The average Bonchev–Trinajstić information content (AvgIpc) is 3.36. The second kappa shape index (κ2) is 12.1. The highest BCUT2D eigenvalue weighted by Gasteiger charge is 2.25. The van der Waals surface area contributed by atoms with Crippen LogP contribution in [0.5, 0.6) is 0 Å². The van der Waals surface area contributed by atoms with Crippen molar-refractivity contribution in [3.05, 3.63) is 60.2 Å². The van der Waals surface area contributed by atoms with Crippen molar-refractivity contribution in [2.75, 3.05) is 30.4 Å². The molecule has 0 aliphatic carbocycles. The molecule has 2 aromatic rings. The Kier molecular flexibility index (Phi) is 9.16. The number of sulfonamides is 1. The van der Waals surface area contributed by atoms with Crippen molar-refractivity contribution in [1.82, 2.24) is 14.9 Å². The first-order valence-electron chi connectivity index (χ1n) is 10.9. The predicted octanol–water partition coefficient (Wildman–Crippen LogP) is 3.03. The van der Waals surface area contributed by atoms with Gasteiger partial charge in [0.05, 0.1) is 4.90 Å². The zero-order chi connectivity index (χ0) is 23.7. The molecule has 0 saturated carbocycles. The van der Waals surface area contributed by atoms with E-state index >= 15 is 0 Å². The molecule has 1 atom stereocenters. The number of amides is 3. The third-order valence-corrected chi connectivity index (χ3v) is 7.45. The van der Waals surface area contributed by atoms with Crippen LogP contribution in [0.1, 0.15) is 24.8 Å². The number of carbonyl (C=O) groups excluding carboxylic acids is 2. The molecule has 3 rings (SSSR count). The van der Waals surface area contributed by atoms with E-state index in [-0.39, 0.29) is 17.5 Å². The fraction of sp³-hybridized carbons (Fsp3) is 0.391. The molecule has 10 heteroatoms. The lowest BCUT2D eigenvalue weighted by atomic mass is 10.2. The number of urea groups is 1. The van der Waals surface area contributed by atoms with E-state index in [0.29, 0.717) is 17.9 Å². The van der Waals surface area contributed by atoms with Gasteiger partial charge in [-0.1, -0.05) is 30.3 Å². The molecular formula is C23H30N4O4S2. The number of thioether (sulfide) groups is 1. The van der Waals surface area contributed by atoms with E-state index in [2.05, 4.69) is 15.4 Å². The highest BCUT2D eigenvalue weighted by molar-refractivity contribution is 7.98. The molecule has 1 heterocycles. The van der Waals surface area contributed by atoms with Crippen molar-refractivity contribution in [1.29, 1.82) is 0 Å². The summed E-state index contributed by atoms with van der Waals surface area (Å²) in [6, 6.07) is 14.2. The summed E-state index contributed by atoms with van der Waals surface area (Å²) in [6.45, 7) is 1.74. The normalized spacial score (nSPS) is 14.6. The summed E-state index contributed by atoms with van der Waals surface area (Å²) in [7, 11) is -3.82. The summed E-state index contributed by atoms with van der Waals surface area (Å²) in [4.78, 5) is 27.1. The fourth-order valence-electron chi connectivity index (χ4n) is 3.53. The standard InChI is InChI=1S/C23H30N4O4S2/c1-32-15-12-21(26-33(30,31)20-10-3-2-4-11-20)22(28)24-17-18-8-7-9-19(16-18)25-23(29)27-13-5-6-14-27/h2-4,7-11,16,21,26H,5-6,12-15,17H2,1H3,(H,24,28)(H,25,29). The molecule has 2 aromatic carbocycles. The molecule has 3 amide bonds. The van der Waals surface area contributed by atoms with Crippen LogP contribution in [0.2, 0.25) is 0 Å². The molecule has 178 valence electrons. The number of rotatable bonds is 10. The molecule has 1 unspecified atom stereocenters. The molecule has 0 bridgehead atoms. The Labute approximate surface area is 199 Å². The molecule has 1 aliphatic rings. The molecule has 33 heavy (non-hydrogen) atoms.